The largest absolute Gasteiger partial charge is 0.294 e. The first kappa shape index (κ1) is 18.3. The Morgan fingerprint density at radius 1 is 1.08 bits per heavy atom. The molecular weight excluding hydrogens is 329 g/mol. The van der Waals surface area contributed by atoms with Gasteiger partial charge in [0.2, 0.25) is 10.0 Å². The number of sulfonamides is 1. The van der Waals surface area contributed by atoms with E-state index in [1.165, 1.54) is 29.4 Å². The Morgan fingerprint density at radius 3 is 2.25 bits per heavy atom. The van der Waals surface area contributed by atoms with Crippen LogP contribution in [0.2, 0.25) is 0 Å². The molecular formula is C18H20FNO3S. The molecule has 0 aliphatic rings. The van der Waals surface area contributed by atoms with Crippen molar-refractivity contribution in [3.8, 4) is 11.1 Å². The van der Waals surface area contributed by atoms with Crippen LogP contribution < -0.4 is 0 Å². The summed E-state index contributed by atoms with van der Waals surface area (Å²) < 4.78 is 41.1. The molecule has 0 radical (unpaired) electrons. The second-order valence-corrected chi connectivity index (χ2v) is 7.24. The number of Topliss-reactive ketones (excluding diaryl/α,β-unsaturated/α-hetero) is 1. The van der Waals surface area contributed by atoms with Gasteiger partial charge in [-0.25, -0.2) is 12.8 Å². The van der Waals surface area contributed by atoms with Crippen molar-refractivity contribution in [2.45, 2.75) is 25.7 Å². The Bertz CT molecular complexity index is 858. The third-order valence-electron chi connectivity index (χ3n) is 3.87. The highest BCUT2D eigenvalue weighted by molar-refractivity contribution is 7.89. The number of ketones is 1. The molecule has 0 heterocycles. The second kappa shape index (κ2) is 7.23. The molecule has 0 unspecified atom stereocenters. The van der Waals surface area contributed by atoms with Gasteiger partial charge in [-0.15, -0.1) is 0 Å². The van der Waals surface area contributed by atoms with E-state index in [1.807, 2.05) is 0 Å². The first-order valence-electron chi connectivity index (χ1n) is 7.73. The third-order valence-corrected chi connectivity index (χ3v) is 5.98. The summed E-state index contributed by atoms with van der Waals surface area (Å²) in [7, 11) is -3.68. The minimum Gasteiger partial charge on any atom is -0.294 e. The van der Waals surface area contributed by atoms with Gasteiger partial charge in [0.05, 0.1) is 10.5 Å². The minimum atomic E-state index is -3.68. The summed E-state index contributed by atoms with van der Waals surface area (Å²) in [6, 6.07) is 10.6. The van der Waals surface area contributed by atoms with Gasteiger partial charge in [-0.05, 0) is 30.7 Å². The SMILES string of the molecule is CCN(CC)S(=O)(=O)c1ccccc1-c1ccc(C(C)=O)c(F)c1. The van der Waals surface area contributed by atoms with Crippen molar-refractivity contribution in [3.05, 3.63) is 53.8 Å². The van der Waals surface area contributed by atoms with E-state index < -0.39 is 15.8 Å². The lowest BCUT2D eigenvalue weighted by Crippen LogP contribution is -2.31. The highest BCUT2D eigenvalue weighted by Gasteiger charge is 2.25. The standard InChI is InChI=1S/C18H20FNO3S/c1-4-20(5-2)24(22,23)18-9-7-6-8-16(18)14-10-11-15(13(3)21)17(19)12-14/h6-12H,4-5H2,1-3H3. The first-order chi connectivity index (χ1) is 11.3. The number of rotatable bonds is 6. The number of carbonyl (C=O) groups is 1. The number of benzene rings is 2. The molecule has 24 heavy (non-hydrogen) atoms. The highest BCUT2D eigenvalue weighted by atomic mass is 32.2. The highest BCUT2D eigenvalue weighted by Crippen LogP contribution is 2.30. The van der Waals surface area contributed by atoms with Crippen molar-refractivity contribution in [2.75, 3.05) is 13.1 Å². The number of halogens is 1. The van der Waals surface area contributed by atoms with E-state index in [-0.39, 0.29) is 16.2 Å². The van der Waals surface area contributed by atoms with E-state index in [9.17, 15) is 17.6 Å². The molecule has 0 bridgehead atoms. The molecule has 2 rings (SSSR count). The van der Waals surface area contributed by atoms with Gasteiger partial charge in [0, 0.05) is 18.7 Å². The predicted octanol–water partition coefficient (Wildman–Crippen LogP) is 3.73. The molecule has 0 atom stereocenters. The van der Waals surface area contributed by atoms with Crippen molar-refractivity contribution >= 4 is 15.8 Å². The predicted molar refractivity (Wildman–Crippen MR) is 91.9 cm³/mol. The van der Waals surface area contributed by atoms with Crippen molar-refractivity contribution in [3.63, 3.8) is 0 Å². The number of nitrogens with zero attached hydrogens (tertiary/aromatic N) is 1. The van der Waals surface area contributed by atoms with E-state index in [1.54, 1.807) is 38.1 Å². The topological polar surface area (TPSA) is 54.5 Å². The summed E-state index contributed by atoms with van der Waals surface area (Å²) in [5, 5.41) is 0. The monoisotopic (exact) mass is 349 g/mol. The lowest BCUT2D eigenvalue weighted by atomic mass is 10.0. The number of carbonyl (C=O) groups excluding carboxylic acids is 1. The van der Waals surface area contributed by atoms with Gasteiger partial charge >= 0.3 is 0 Å². The van der Waals surface area contributed by atoms with E-state index >= 15 is 0 Å². The lowest BCUT2D eigenvalue weighted by Gasteiger charge is -2.20. The number of hydrogen-bond acceptors (Lipinski definition) is 3. The van der Waals surface area contributed by atoms with Gasteiger partial charge in [-0.3, -0.25) is 4.79 Å². The summed E-state index contributed by atoms with van der Waals surface area (Å²) in [4.78, 5) is 11.5. The van der Waals surface area contributed by atoms with Crippen LogP contribution in [-0.4, -0.2) is 31.6 Å². The van der Waals surface area contributed by atoms with Gasteiger partial charge in [-0.2, -0.15) is 4.31 Å². The zero-order chi connectivity index (χ0) is 17.9. The van der Waals surface area contributed by atoms with Gasteiger partial charge < -0.3 is 0 Å². The Kier molecular flexibility index (Phi) is 5.51. The Morgan fingerprint density at radius 2 is 1.71 bits per heavy atom. The minimum absolute atomic E-state index is 0.0113. The van der Waals surface area contributed by atoms with Crippen molar-refractivity contribution in [2.24, 2.45) is 0 Å². The molecule has 0 aliphatic carbocycles. The molecule has 0 saturated heterocycles. The molecule has 0 amide bonds. The normalized spacial score (nSPS) is 11.7. The summed E-state index contributed by atoms with van der Waals surface area (Å²) in [6.45, 7) is 5.53. The van der Waals surface area contributed by atoms with Gasteiger partial charge in [0.25, 0.3) is 0 Å². The van der Waals surface area contributed by atoms with E-state index in [2.05, 4.69) is 0 Å². The molecule has 0 aromatic heterocycles. The Balaban J connectivity index is 2.62. The summed E-state index contributed by atoms with van der Waals surface area (Å²) in [5.41, 5.74) is 0.824. The summed E-state index contributed by atoms with van der Waals surface area (Å²) >= 11 is 0. The van der Waals surface area contributed by atoms with Gasteiger partial charge in [0.1, 0.15) is 5.82 Å². The smallest absolute Gasteiger partial charge is 0.243 e. The maximum Gasteiger partial charge on any atom is 0.243 e. The average molecular weight is 349 g/mol. The Labute approximate surface area is 142 Å². The van der Waals surface area contributed by atoms with Crippen molar-refractivity contribution in [1.82, 2.24) is 4.31 Å². The third kappa shape index (κ3) is 3.39. The zero-order valence-electron chi connectivity index (χ0n) is 13.9. The van der Waals surface area contributed by atoms with Crippen LogP contribution in [0.15, 0.2) is 47.4 Å². The quantitative estimate of drug-likeness (QED) is 0.747. The van der Waals surface area contributed by atoms with Crippen LogP contribution in [0.5, 0.6) is 0 Å². The molecule has 0 fully saturated rings. The van der Waals surface area contributed by atoms with Crippen molar-refractivity contribution in [1.29, 1.82) is 0 Å². The molecule has 2 aromatic rings. The molecule has 2 aromatic carbocycles. The average Bonchev–Trinajstić information content (AvgIpc) is 2.55. The maximum atomic E-state index is 14.1. The van der Waals surface area contributed by atoms with Crippen LogP contribution in [0.1, 0.15) is 31.1 Å². The molecule has 4 nitrogen and oxygen atoms in total. The van der Waals surface area contributed by atoms with E-state index in [0.29, 0.717) is 24.2 Å². The molecule has 0 saturated carbocycles. The van der Waals surface area contributed by atoms with Gasteiger partial charge in [-0.1, -0.05) is 38.1 Å². The summed E-state index contributed by atoms with van der Waals surface area (Å²) in [5.74, 6) is -1.03. The second-order valence-electron chi connectivity index (χ2n) is 5.34. The van der Waals surface area contributed by atoms with E-state index in [0.717, 1.165) is 0 Å². The van der Waals surface area contributed by atoms with Crippen LogP contribution in [0.4, 0.5) is 4.39 Å². The fraction of sp³-hybridized carbons (Fsp3) is 0.278. The van der Waals surface area contributed by atoms with Crippen LogP contribution >= 0.6 is 0 Å². The van der Waals surface area contributed by atoms with Gasteiger partial charge in [0.15, 0.2) is 5.78 Å². The molecule has 0 aliphatic heterocycles. The fourth-order valence-corrected chi connectivity index (χ4v) is 4.27. The van der Waals surface area contributed by atoms with Crippen LogP contribution in [0, 0.1) is 5.82 Å². The fourth-order valence-electron chi connectivity index (χ4n) is 2.60. The van der Waals surface area contributed by atoms with E-state index in [4.69, 9.17) is 0 Å². The lowest BCUT2D eigenvalue weighted by molar-refractivity contribution is 0.101. The molecule has 128 valence electrons. The number of hydrogen-bond donors (Lipinski definition) is 0. The Hall–Kier alpha value is -2.05. The summed E-state index contributed by atoms with van der Waals surface area (Å²) in [6.07, 6.45) is 0. The first-order valence-corrected chi connectivity index (χ1v) is 9.17. The van der Waals surface area contributed by atoms with Crippen LogP contribution in [0.25, 0.3) is 11.1 Å². The van der Waals surface area contributed by atoms with Crippen molar-refractivity contribution < 1.29 is 17.6 Å². The molecule has 6 heteroatoms. The molecule has 0 N–H and O–H groups in total. The maximum absolute atomic E-state index is 14.1. The van der Waals surface area contributed by atoms with Crippen LogP contribution in [0.3, 0.4) is 0 Å². The zero-order valence-corrected chi connectivity index (χ0v) is 14.7. The molecule has 0 spiro atoms. The van der Waals surface area contributed by atoms with Crippen LogP contribution in [-0.2, 0) is 10.0 Å².